The van der Waals surface area contributed by atoms with Gasteiger partial charge in [0.2, 0.25) is 0 Å². The molecular weight excluding hydrogens is 222 g/mol. The van der Waals surface area contributed by atoms with E-state index in [4.69, 9.17) is 4.74 Å². The summed E-state index contributed by atoms with van der Waals surface area (Å²) in [5.74, 6) is 1.17. The third-order valence-corrected chi connectivity index (χ3v) is 5.40. The maximum Gasteiger partial charge on any atom is 0.124 e. The Morgan fingerprint density at radius 1 is 1.33 bits per heavy atom. The second-order valence-electron chi connectivity index (χ2n) is 6.07. The predicted octanol–water partition coefficient (Wildman–Crippen LogP) is 2.32. The Morgan fingerprint density at radius 3 is 3.33 bits per heavy atom. The molecule has 1 aromatic rings. The van der Waals surface area contributed by atoms with Crippen molar-refractivity contribution in [3.8, 4) is 5.75 Å². The van der Waals surface area contributed by atoms with Crippen LogP contribution in [0.4, 0.5) is 0 Å². The van der Waals surface area contributed by atoms with Gasteiger partial charge in [-0.25, -0.2) is 0 Å². The Kier molecular flexibility index (Phi) is 1.60. The molecule has 18 heavy (non-hydrogen) atoms. The van der Waals surface area contributed by atoms with Crippen molar-refractivity contribution < 1.29 is 4.74 Å². The van der Waals surface area contributed by atoms with Crippen molar-refractivity contribution in [3.63, 3.8) is 0 Å². The monoisotopic (exact) mass is 239 g/mol. The molecule has 0 radical (unpaired) electrons. The zero-order valence-electron chi connectivity index (χ0n) is 10.4. The zero-order chi connectivity index (χ0) is 11.7. The Labute approximate surface area is 107 Å². The topological polar surface area (TPSA) is 21.3 Å². The lowest BCUT2D eigenvalue weighted by molar-refractivity contribution is 0.121. The van der Waals surface area contributed by atoms with Crippen molar-refractivity contribution in [2.75, 3.05) is 6.54 Å². The fraction of sp³-hybridized carbons (Fsp3) is 0.500. The molecule has 0 amide bonds. The van der Waals surface area contributed by atoms with Gasteiger partial charge in [-0.1, -0.05) is 18.2 Å². The van der Waals surface area contributed by atoms with Gasteiger partial charge < -0.3 is 10.1 Å². The summed E-state index contributed by atoms with van der Waals surface area (Å²) < 4.78 is 6.31. The van der Waals surface area contributed by atoms with E-state index in [1.54, 1.807) is 11.1 Å². The number of piperidine rings is 1. The number of ether oxygens (including phenoxy) is 1. The van der Waals surface area contributed by atoms with E-state index in [-0.39, 0.29) is 5.41 Å². The third kappa shape index (κ3) is 0.892. The third-order valence-electron chi connectivity index (χ3n) is 5.40. The fourth-order valence-electron chi connectivity index (χ4n) is 4.81. The highest BCUT2D eigenvalue weighted by Crippen LogP contribution is 2.58. The van der Waals surface area contributed by atoms with Crippen LogP contribution in [0.25, 0.3) is 0 Å². The standard InChI is InChI=1S/C16H17NO/c1-3-10-9-12-11-4-2-6-14-16(11,7-8-17-12)15(10)13(5-1)18-14/h1,3-5,12,14,17H,2,6-9H2. The van der Waals surface area contributed by atoms with Crippen molar-refractivity contribution >= 4 is 0 Å². The van der Waals surface area contributed by atoms with Gasteiger partial charge >= 0.3 is 0 Å². The van der Waals surface area contributed by atoms with E-state index in [9.17, 15) is 0 Å². The van der Waals surface area contributed by atoms with E-state index >= 15 is 0 Å². The summed E-state index contributed by atoms with van der Waals surface area (Å²) in [6.07, 6.45) is 7.63. The molecule has 1 aromatic carbocycles. The van der Waals surface area contributed by atoms with Gasteiger partial charge in [0.1, 0.15) is 11.9 Å². The molecule has 2 nitrogen and oxygen atoms in total. The Morgan fingerprint density at radius 2 is 2.33 bits per heavy atom. The second kappa shape index (κ2) is 3.00. The fourth-order valence-corrected chi connectivity index (χ4v) is 4.81. The Balaban J connectivity index is 1.89. The number of allylic oxidation sites excluding steroid dienone is 1. The van der Waals surface area contributed by atoms with Crippen LogP contribution in [0.15, 0.2) is 29.8 Å². The molecule has 2 bridgehead atoms. The Hall–Kier alpha value is -1.28. The Bertz CT molecular complexity index is 576. The summed E-state index contributed by atoms with van der Waals surface area (Å²) in [6.45, 7) is 1.13. The van der Waals surface area contributed by atoms with Gasteiger partial charge in [-0.15, -0.1) is 0 Å². The van der Waals surface area contributed by atoms with Crippen molar-refractivity contribution in [1.29, 1.82) is 0 Å². The number of hydrogen-bond acceptors (Lipinski definition) is 2. The molecule has 5 rings (SSSR count). The first-order valence-electron chi connectivity index (χ1n) is 7.12. The molecule has 2 heterocycles. The minimum Gasteiger partial charge on any atom is -0.489 e. The van der Waals surface area contributed by atoms with Crippen LogP contribution in [0.1, 0.15) is 30.4 Å². The molecule has 1 N–H and O–H groups in total. The molecule has 2 aliphatic carbocycles. The van der Waals surface area contributed by atoms with Crippen LogP contribution in [0.5, 0.6) is 5.75 Å². The first kappa shape index (κ1) is 9.62. The van der Waals surface area contributed by atoms with E-state index in [1.165, 1.54) is 30.6 Å². The summed E-state index contributed by atoms with van der Waals surface area (Å²) in [7, 11) is 0. The smallest absolute Gasteiger partial charge is 0.124 e. The molecule has 0 saturated carbocycles. The molecule has 2 heteroatoms. The van der Waals surface area contributed by atoms with Gasteiger partial charge in [-0.3, -0.25) is 0 Å². The van der Waals surface area contributed by atoms with Gasteiger partial charge in [0, 0.05) is 11.6 Å². The molecular formula is C16H17NO. The van der Waals surface area contributed by atoms with Crippen molar-refractivity contribution in [3.05, 3.63) is 41.0 Å². The summed E-state index contributed by atoms with van der Waals surface area (Å²) in [5, 5.41) is 3.71. The number of benzene rings is 1. The van der Waals surface area contributed by atoms with E-state index < -0.39 is 0 Å². The number of rotatable bonds is 0. The molecule has 0 aromatic heterocycles. The molecule has 2 aliphatic heterocycles. The SMILES string of the molecule is C1=C2C3Cc4cccc5c4C2(CCN3)C(CC1)O5. The minimum absolute atomic E-state index is 0.234. The predicted molar refractivity (Wildman–Crippen MR) is 70.0 cm³/mol. The highest BCUT2D eigenvalue weighted by Gasteiger charge is 2.58. The molecule has 3 unspecified atom stereocenters. The van der Waals surface area contributed by atoms with Crippen LogP contribution in [0.2, 0.25) is 0 Å². The van der Waals surface area contributed by atoms with Gasteiger partial charge in [0.05, 0.1) is 5.41 Å². The first-order valence-corrected chi connectivity index (χ1v) is 7.12. The van der Waals surface area contributed by atoms with Crippen molar-refractivity contribution in [2.45, 2.75) is 43.2 Å². The molecule has 3 atom stereocenters. The first-order chi connectivity index (χ1) is 8.89. The maximum absolute atomic E-state index is 6.31. The normalized spacial score (nSPS) is 38.8. The van der Waals surface area contributed by atoms with Crippen LogP contribution in [0, 0.1) is 0 Å². The second-order valence-corrected chi connectivity index (χ2v) is 6.07. The van der Waals surface area contributed by atoms with Crippen LogP contribution < -0.4 is 10.1 Å². The van der Waals surface area contributed by atoms with Crippen LogP contribution in [-0.2, 0) is 11.8 Å². The van der Waals surface area contributed by atoms with Crippen LogP contribution in [0.3, 0.4) is 0 Å². The summed E-state index contributed by atoms with van der Waals surface area (Å²) in [4.78, 5) is 0. The molecule has 1 saturated heterocycles. The van der Waals surface area contributed by atoms with E-state index in [0.29, 0.717) is 12.1 Å². The van der Waals surface area contributed by atoms with E-state index in [2.05, 4.69) is 29.6 Å². The van der Waals surface area contributed by atoms with Gasteiger partial charge in [0.25, 0.3) is 0 Å². The van der Waals surface area contributed by atoms with Gasteiger partial charge in [-0.05, 0) is 49.4 Å². The number of hydrogen-bond donors (Lipinski definition) is 1. The maximum atomic E-state index is 6.31. The van der Waals surface area contributed by atoms with E-state index in [1.807, 2.05) is 0 Å². The highest BCUT2D eigenvalue weighted by atomic mass is 16.5. The van der Waals surface area contributed by atoms with Gasteiger partial charge in [0.15, 0.2) is 0 Å². The lowest BCUT2D eigenvalue weighted by atomic mass is 9.57. The summed E-state index contributed by atoms with van der Waals surface area (Å²) in [5.41, 5.74) is 4.94. The lowest BCUT2D eigenvalue weighted by Gasteiger charge is -2.50. The molecule has 92 valence electrons. The van der Waals surface area contributed by atoms with E-state index in [0.717, 1.165) is 13.0 Å². The molecule has 4 aliphatic rings. The van der Waals surface area contributed by atoms with Crippen LogP contribution in [-0.4, -0.2) is 18.7 Å². The largest absolute Gasteiger partial charge is 0.489 e. The molecule has 1 spiro atoms. The highest BCUT2D eigenvalue weighted by molar-refractivity contribution is 5.61. The van der Waals surface area contributed by atoms with Gasteiger partial charge in [-0.2, -0.15) is 0 Å². The van der Waals surface area contributed by atoms with Crippen molar-refractivity contribution in [1.82, 2.24) is 5.32 Å². The number of nitrogens with one attached hydrogen (secondary N) is 1. The summed E-state index contributed by atoms with van der Waals surface area (Å²) >= 11 is 0. The lowest BCUT2D eigenvalue weighted by Crippen LogP contribution is -2.57. The average Bonchev–Trinajstić information content (AvgIpc) is 2.70. The van der Waals surface area contributed by atoms with Crippen molar-refractivity contribution in [2.24, 2.45) is 0 Å². The van der Waals surface area contributed by atoms with Crippen LogP contribution >= 0.6 is 0 Å². The quantitative estimate of drug-likeness (QED) is 0.702. The molecule has 1 fully saturated rings. The zero-order valence-corrected chi connectivity index (χ0v) is 10.4. The summed E-state index contributed by atoms with van der Waals surface area (Å²) in [6, 6.07) is 7.20. The minimum atomic E-state index is 0.234. The average molecular weight is 239 g/mol.